The second kappa shape index (κ2) is 4.41. The lowest BCUT2D eigenvalue weighted by Gasteiger charge is -2.05. The van der Waals surface area contributed by atoms with Gasteiger partial charge < -0.3 is 10.8 Å². The van der Waals surface area contributed by atoms with E-state index < -0.39 is 0 Å². The molecule has 0 radical (unpaired) electrons. The summed E-state index contributed by atoms with van der Waals surface area (Å²) in [6, 6.07) is 11.1. The van der Waals surface area contributed by atoms with E-state index in [0.717, 1.165) is 10.8 Å². The summed E-state index contributed by atoms with van der Waals surface area (Å²) >= 11 is 5.57. The van der Waals surface area contributed by atoms with Crippen molar-refractivity contribution in [3.05, 3.63) is 36.4 Å². The molecule has 16 heavy (non-hydrogen) atoms. The second-order valence-electron chi connectivity index (χ2n) is 3.39. The van der Waals surface area contributed by atoms with E-state index >= 15 is 0 Å². The van der Waals surface area contributed by atoms with Crippen LogP contribution in [0.25, 0.3) is 10.8 Å². The zero-order valence-electron chi connectivity index (χ0n) is 8.52. The summed E-state index contributed by atoms with van der Waals surface area (Å²) in [6.45, 7) is 0. The molecule has 0 aliphatic heterocycles. The van der Waals surface area contributed by atoms with Crippen molar-refractivity contribution < 1.29 is 5.11 Å². The SMILES string of the molecule is NC(CCl)=Nc1c(O)ccc2ccccc12. The quantitative estimate of drug-likeness (QED) is 0.477. The Labute approximate surface area is 98.2 Å². The van der Waals surface area contributed by atoms with E-state index in [1.807, 2.05) is 30.3 Å². The standard InChI is InChI=1S/C12H11ClN2O/c13-7-11(14)15-12-9-4-2-1-3-8(9)5-6-10(12)16/h1-6,16H,7H2,(H2,14,15). The predicted octanol–water partition coefficient (Wildman–Crippen LogP) is 2.77. The van der Waals surface area contributed by atoms with Gasteiger partial charge in [0, 0.05) is 5.39 Å². The molecule has 0 bridgehead atoms. The minimum atomic E-state index is 0.103. The molecular formula is C12H11ClN2O. The lowest BCUT2D eigenvalue weighted by Crippen LogP contribution is -2.12. The Bertz CT molecular complexity index is 552. The molecule has 0 aliphatic rings. The Morgan fingerprint density at radius 2 is 2.00 bits per heavy atom. The molecule has 0 aliphatic carbocycles. The molecule has 0 heterocycles. The van der Waals surface area contributed by atoms with Gasteiger partial charge in [0.05, 0.1) is 5.88 Å². The van der Waals surface area contributed by atoms with Crippen LogP contribution < -0.4 is 5.73 Å². The maximum absolute atomic E-state index is 9.75. The molecule has 4 heteroatoms. The molecule has 3 nitrogen and oxygen atoms in total. The third-order valence-electron chi connectivity index (χ3n) is 2.27. The van der Waals surface area contributed by atoms with E-state index in [0.29, 0.717) is 5.69 Å². The summed E-state index contributed by atoms with van der Waals surface area (Å²) in [4.78, 5) is 4.12. The molecule has 2 aromatic carbocycles. The predicted molar refractivity (Wildman–Crippen MR) is 67.6 cm³/mol. The number of hydrogen-bond acceptors (Lipinski definition) is 2. The molecule has 0 aromatic heterocycles. The van der Waals surface area contributed by atoms with Crippen LogP contribution in [0.1, 0.15) is 0 Å². The second-order valence-corrected chi connectivity index (χ2v) is 3.66. The minimum absolute atomic E-state index is 0.103. The van der Waals surface area contributed by atoms with E-state index in [2.05, 4.69) is 4.99 Å². The third-order valence-corrected chi connectivity index (χ3v) is 2.55. The Morgan fingerprint density at radius 1 is 1.25 bits per heavy atom. The van der Waals surface area contributed by atoms with Crippen molar-refractivity contribution in [2.75, 3.05) is 5.88 Å². The number of alkyl halides is 1. The zero-order chi connectivity index (χ0) is 11.5. The number of nitrogens with two attached hydrogens (primary N) is 1. The van der Waals surface area contributed by atoms with Crippen LogP contribution in [0.3, 0.4) is 0 Å². The van der Waals surface area contributed by atoms with Crippen LogP contribution in [0.5, 0.6) is 5.75 Å². The molecule has 0 fully saturated rings. The maximum Gasteiger partial charge on any atom is 0.141 e. The lowest BCUT2D eigenvalue weighted by molar-refractivity contribution is 0.477. The molecule has 2 rings (SSSR count). The number of hydrogen-bond donors (Lipinski definition) is 2. The number of fused-ring (bicyclic) bond motifs is 1. The van der Waals surface area contributed by atoms with E-state index in [4.69, 9.17) is 17.3 Å². The molecule has 0 saturated heterocycles. The van der Waals surface area contributed by atoms with Crippen molar-refractivity contribution in [1.82, 2.24) is 0 Å². The van der Waals surface area contributed by atoms with Crippen LogP contribution in [0, 0.1) is 0 Å². The molecule has 0 amide bonds. The van der Waals surface area contributed by atoms with Gasteiger partial charge in [-0.2, -0.15) is 0 Å². The number of rotatable bonds is 2. The van der Waals surface area contributed by atoms with Gasteiger partial charge in [-0.15, -0.1) is 11.6 Å². The number of halogens is 1. The topological polar surface area (TPSA) is 58.6 Å². The smallest absolute Gasteiger partial charge is 0.141 e. The minimum Gasteiger partial charge on any atom is -0.506 e. The van der Waals surface area contributed by atoms with Gasteiger partial charge in [-0.1, -0.05) is 30.3 Å². The molecule has 82 valence electrons. The fourth-order valence-electron chi connectivity index (χ4n) is 1.53. The normalized spacial score (nSPS) is 11.9. The van der Waals surface area contributed by atoms with Gasteiger partial charge in [-0.25, -0.2) is 4.99 Å². The summed E-state index contributed by atoms with van der Waals surface area (Å²) in [7, 11) is 0. The van der Waals surface area contributed by atoms with Gasteiger partial charge in [0.2, 0.25) is 0 Å². The fraction of sp³-hybridized carbons (Fsp3) is 0.0833. The summed E-state index contributed by atoms with van der Waals surface area (Å²) in [6.07, 6.45) is 0. The average Bonchev–Trinajstić information content (AvgIpc) is 2.32. The van der Waals surface area contributed by atoms with Crippen LogP contribution in [-0.2, 0) is 0 Å². The van der Waals surface area contributed by atoms with Gasteiger partial charge in [0.25, 0.3) is 0 Å². The highest BCUT2D eigenvalue weighted by Crippen LogP contribution is 2.34. The summed E-state index contributed by atoms with van der Waals surface area (Å²) in [5.41, 5.74) is 6.04. The van der Waals surface area contributed by atoms with Gasteiger partial charge in [-0.3, -0.25) is 0 Å². The molecule has 2 aromatic rings. The Kier molecular flexibility index (Phi) is 2.97. The van der Waals surface area contributed by atoms with Crippen molar-refractivity contribution in [1.29, 1.82) is 0 Å². The largest absolute Gasteiger partial charge is 0.506 e. The number of amidine groups is 1. The monoisotopic (exact) mass is 234 g/mol. The van der Waals surface area contributed by atoms with Crippen LogP contribution in [0.4, 0.5) is 5.69 Å². The van der Waals surface area contributed by atoms with Crippen molar-refractivity contribution in [3.63, 3.8) is 0 Å². The maximum atomic E-state index is 9.75. The van der Waals surface area contributed by atoms with Crippen LogP contribution >= 0.6 is 11.6 Å². The number of aliphatic imine (C=N–C) groups is 1. The zero-order valence-corrected chi connectivity index (χ0v) is 9.28. The number of benzene rings is 2. The van der Waals surface area contributed by atoms with Crippen molar-refractivity contribution in [2.24, 2.45) is 10.7 Å². The molecule has 3 N–H and O–H groups in total. The number of phenolic OH excluding ortho intramolecular Hbond substituents is 1. The molecule has 0 saturated carbocycles. The first-order valence-corrected chi connectivity index (χ1v) is 5.35. The van der Waals surface area contributed by atoms with Gasteiger partial charge in [0.15, 0.2) is 0 Å². The summed E-state index contributed by atoms with van der Waals surface area (Å²) < 4.78 is 0. The highest BCUT2D eigenvalue weighted by atomic mass is 35.5. The fourth-order valence-corrected chi connectivity index (χ4v) is 1.59. The number of phenols is 1. The van der Waals surface area contributed by atoms with Crippen molar-refractivity contribution in [2.45, 2.75) is 0 Å². The van der Waals surface area contributed by atoms with Crippen molar-refractivity contribution in [3.8, 4) is 5.75 Å². The molecular weight excluding hydrogens is 224 g/mol. The summed E-state index contributed by atoms with van der Waals surface area (Å²) in [5, 5.41) is 11.6. The van der Waals surface area contributed by atoms with Crippen LogP contribution in [0.2, 0.25) is 0 Å². The lowest BCUT2D eigenvalue weighted by atomic mass is 10.1. The average molecular weight is 235 g/mol. The Morgan fingerprint density at radius 3 is 2.75 bits per heavy atom. The van der Waals surface area contributed by atoms with Crippen molar-refractivity contribution >= 4 is 33.9 Å². The molecule has 0 unspecified atom stereocenters. The third kappa shape index (κ3) is 1.95. The first-order valence-electron chi connectivity index (χ1n) is 4.82. The van der Waals surface area contributed by atoms with Gasteiger partial charge >= 0.3 is 0 Å². The highest BCUT2D eigenvalue weighted by molar-refractivity contribution is 6.28. The van der Waals surface area contributed by atoms with Crippen LogP contribution in [0.15, 0.2) is 41.4 Å². The van der Waals surface area contributed by atoms with E-state index in [-0.39, 0.29) is 17.5 Å². The van der Waals surface area contributed by atoms with E-state index in [1.54, 1.807) is 6.07 Å². The van der Waals surface area contributed by atoms with E-state index in [1.165, 1.54) is 0 Å². The first kappa shape index (κ1) is 10.8. The Hall–Kier alpha value is -1.74. The first-order chi connectivity index (χ1) is 7.72. The Balaban J connectivity index is 2.71. The van der Waals surface area contributed by atoms with Gasteiger partial charge in [-0.05, 0) is 11.5 Å². The van der Waals surface area contributed by atoms with Gasteiger partial charge in [0.1, 0.15) is 17.3 Å². The molecule has 0 spiro atoms. The number of aromatic hydroxyl groups is 1. The summed E-state index contributed by atoms with van der Waals surface area (Å²) in [5.74, 6) is 0.530. The number of nitrogens with zero attached hydrogens (tertiary/aromatic N) is 1. The van der Waals surface area contributed by atoms with E-state index in [9.17, 15) is 5.11 Å². The van der Waals surface area contributed by atoms with Crippen LogP contribution in [-0.4, -0.2) is 16.8 Å². The molecule has 0 atom stereocenters. The highest BCUT2D eigenvalue weighted by Gasteiger charge is 2.05.